The summed E-state index contributed by atoms with van der Waals surface area (Å²) in [5, 5.41) is 0. The van der Waals surface area contributed by atoms with E-state index in [4.69, 9.17) is 0 Å². The maximum absolute atomic E-state index is 13.3. The SMILES string of the molecule is CN(C(=O)Cc1ccc(-c2ccccc2)s1)[C@@H]1c2ccccc2C[C@H]1N1CCCC1. The van der Waals surface area contributed by atoms with E-state index < -0.39 is 0 Å². The molecule has 154 valence electrons. The summed E-state index contributed by atoms with van der Waals surface area (Å²) >= 11 is 1.73. The van der Waals surface area contributed by atoms with Crippen LogP contribution in [0.15, 0.2) is 66.7 Å². The second kappa shape index (κ2) is 8.37. The predicted molar refractivity (Wildman–Crippen MR) is 124 cm³/mol. The molecular weight excluding hydrogens is 388 g/mol. The van der Waals surface area contributed by atoms with E-state index in [0.29, 0.717) is 12.5 Å². The van der Waals surface area contributed by atoms with Crippen molar-refractivity contribution in [3.63, 3.8) is 0 Å². The van der Waals surface area contributed by atoms with Crippen LogP contribution >= 0.6 is 11.3 Å². The van der Waals surface area contributed by atoms with Crippen molar-refractivity contribution >= 4 is 17.2 Å². The van der Waals surface area contributed by atoms with Gasteiger partial charge in [0.05, 0.1) is 12.5 Å². The van der Waals surface area contributed by atoms with E-state index in [-0.39, 0.29) is 11.9 Å². The maximum Gasteiger partial charge on any atom is 0.228 e. The molecule has 3 nitrogen and oxygen atoms in total. The van der Waals surface area contributed by atoms with Crippen molar-refractivity contribution in [3.8, 4) is 10.4 Å². The van der Waals surface area contributed by atoms with Crippen molar-refractivity contribution in [2.24, 2.45) is 0 Å². The van der Waals surface area contributed by atoms with E-state index in [9.17, 15) is 4.79 Å². The molecule has 2 aliphatic rings. The molecule has 4 heteroatoms. The summed E-state index contributed by atoms with van der Waals surface area (Å²) < 4.78 is 0. The number of fused-ring (bicyclic) bond motifs is 1. The van der Waals surface area contributed by atoms with E-state index in [1.54, 1.807) is 11.3 Å². The fourth-order valence-electron chi connectivity index (χ4n) is 5.08. The van der Waals surface area contributed by atoms with Gasteiger partial charge in [-0.2, -0.15) is 0 Å². The van der Waals surface area contributed by atoms with Crippen LogP contribution in [0.3, 0.4) is 0 Å². The number of hydrogen-bond acceptors (Lipinski definition) is 3. The zero-order valence-corrected chi connectivity index (χ0v) is 18.3. The highest BCUT2D eigenvalue weighted by Gasteiger charge is 2.40. The first-order valence-electron chi connectivity index (χ1n) is 10.9. The van der Waals surface area contributed by atoms with Crippen molar-refractivity contribution in [1.82, 2.24) is 9.80 Å². The Bertz CT molecular complexity index is 1020. The van der Waals surface area contributed by atoms with Crippen LogP contribution < -0.4 is 0 Å². The van der Waals surface area contributed by atoms with Gasteiger partial charge in [0.15, 0.2) is 0 Å². The number of rotatable bonds is 5. The second-order valence-electron chi connectivity index (χ2n) is 8.47. The lowest BCUT2D eigenvalue weighted by Gasteiger charge is -2.35. The van der Waals surface area contributed by atoms with Gasteiger partial charge in [-0.15, -0.1) is 11.3 Å². The fraction of sp³-hybridized carbons (Fsp3) is 0.346. The molecule has 2 atom stereocenters. The van der Waals surface area contributed by atoms with Gasteiger partial charge in [0, 0.05) is 22.8 Å². The minimum absolute atomic E-state index is 0.153. The molecule has 5 rings (SSSR count). The molecule has 2 heterocycles. The number of benzene rings is 2. The topological polar surface area (TPSA) is 23.6 Å². The van der Waals surface area contributed by atoms with E-state index in [1.807, 2.05) is 18.0 Å². The van der Waals surface area contributed by atoms with Crippen molar-refractivity contribution < 1.29 is 4.79 Å². The van der Waals surface area contributed by atoms with Gasteiger partial charge < -0.3 is 4.90 Å². The normalized spacial score (nSPS) is 21.0. The first-order chi connectivity index (χ1) is 14.7. The highest BCUT2D eigenvalue weighted by Crippen LogP contribution is 2.39. The molecule has 1 amide bonds. The Hall–Kier alpha value is -2.43. The van der Waals surface area contributed by atoms with Crippen LogP contribution in [0.25, 0.3) is 10.4 Å². The van der Waals surface area contributed by atoms with Gasteiger partial charge in [0.2, 0.25) is 5.91 Å². The smallest absolute Gasteiger partial charge is 0.228 e. The molecule has 0 radical (unpaired) electrons. The van der Waals surface area contributed by atoms with Gasteiger partial charge >= 0.3 is 0 Å². The van der Waals surface area contributed by atoms with Gasteiger partial charge in [-0.25, -0.2) is 0 Å². The number of likely N-dealkylation sites (tertiary alicyclic amines) is 1. The number of carbonyl (C=O) groups excluding carboxylic acids is 1. The van der Waals surface area contributed by atoms with E-state index in [0.717, 1.165) is 24.4 Å². The van der Waals surface area contributed by atoms with Crippen LogP contribution in [-0.2, 0) is 17.6 Å². The Morgan fingerprint density at radius 3 is 2.53 bits per heavy atom. The molecule has 1 fully saturated rings. The van der Waals surface area contributed by atoms with E-state index >= 15 is 0 Å². The lowest BCUT2D eigenvalue weighted by atomic mass is 10.0. The predicted octanol–water partition coefficient (Wildman–Crippen LogP) is 5.18. The van der Waals surface area contributed by atoms with Crippen LogP contribution in [-0.4, -0.2) is 41.9 Å². The van der Waals surface area contributed by atoms with E-state index in [2.05, 4.69) is 65.6 Å². The van der Waals surface area contributed by atoms with Gasteiger partial charge in [-0.05, 0) is 61.2 Å². The molecule has 2 aromatic carbocycles. The molecule has 3 aromatic rings. The molecule has 1 saturated heterocycles. The first kappa shape index (κ1) is 19.5. The van der Waals surface area contributed by atoms with Gasteiger partial charge in [-0.1, -0.05) is 54.6 Å². The van der Waals surface area contributed by atoms with Crippen molar-refractivity contribution in [2.75, 3.05) is 20.1 Å². The Balaban J connectivity index is 1.35. The first-order valence-corrected chi connectivity index (χ1v) is 11.7. The highest BCUT2D eigenvalue weighted by molar-refractivity contribution is 7.15. The number of nitrogens with zero attached hydrogens (tertiary/aromatic N) is 2. The van der Waals surface area contributed by atoms with Crippen LogP contribution in [0.2, 0.25) is 0 Å². The number of hydrogen-bond donors (Lipinski definition) is 0. The number of thiophene rings is 1. The highest BCUT2D eigenvalue weighted by atomic mass is 32.1. The van der Waals surface area contributed by atoms with Gasteiger partial charge in [0.1, 0.15) is 0 Å². The van der Waals surface area contributed by atoms with Crippen LogP contribution in [0.4, 0.5) is 0 Å². The average molecular weight is 417 g/mol. The average Bonchev–Trinajstić information content (AvgIpc) is 3.53. The molecule has 1 aliphatic carbocycles. The molecule has 1 aromatic heterocycles. The summed E-state index contributed by atoms with van der Waals surface area (Å²) in [6.07, 6.45) is 4.07. The zero-order valence-electron chi connectivity index (χ0n) is 17.5. The molecule has 0 spiro atoms. The van der Waals surface area contributed by atoms with Crippen molar-refractivity contribution in [1.29, 1.82) is 0 Å². The number of likely N-dealkylation sites (N-methyl/N-ethyl adjacent to an activating group) is 1. The zero-order chi connectivity index (χ0) is 20.5. The summed E-state index contributed by atoms with van der Waals surface area (Å²) in [4.78, 5) is 20.3. The summed E-state index contributed by atoms with van der Waals surface area (Å²) in [6.45, 7) is 2.31. The van der Waals surface area contributed by atoms with Crippen LogP contribution in [0.1, 0.15) is 34.9 Å². The lowest BCUT2D eigenvalue weighted by molar-refractivity contribution is -0.132. The van der Waals surface area contributed by atoms with Crippen LogP contribution in [0.5, 0.6) is 0 Å². The molecule has 0 saturated carbocycles. The number of amides is 1. The Morgan fingerprint density at radius 2 is 1.73 bits per heavy atom. The van der Waals surface area contributed by atoms with Gasteiger partial charge in [0.25, 0.3) is 0 Å². The fourth-order valence-corrected chi connectivity index (χ4v) is 6.09. The quantitative estimate of drug-likeness (QED) is 0.572. The van der Waals surface area contributed by atoms with Crippen LogP contribution in [0, 0.1) is 0 Å². The Labute approximate surface area is 183 Å². The summed E-state index contributed by atoms with van der Waals surface area (Å²) in [5.41, 5.74) is 3.95. The third kappa shape index (κ3) is 3.70. The molecule has 0 unspecified atom stereocenters. The maximum atomic E-state index is 13.3. The minimum Gasteiger partial charge on any atom is -0.337 e. The van der Waals surface area contributed by atoms with Gasteiger partial charge in [-0.3, -0.25) is 9.69 Å². The standard InChI is InChI=1S/C26H28N2OS/c1-27(25(29)18-21-13-14-24(30-21)19-9-3-2-4-10-19)26-22-12-6-5-11-20(22)17-23(26)28-15-7-8-16-28/h2-6,9-14,23,26H,7-8,15-18H2,1H3/t23-,26-/m1/s1. The molecule has 0 N–H and O–H groups in total. The summed E-state index contributed by atoms with van der Waals surface area (Å²) in [6, 6.07) is 23.9. The second-order valence-corrected chi connectivity index (χ2v) is 9.64. The minimum atomic E-state index is 0.153. The third-order valence-corrected chi connectivity index (χ3v) is 7.77. The third-order valence-electron chi connectivity index (χ3n) is 6.63. The molecule has 0 bridgehead atoms. The molecular formula is C26H28N2OS. The Morgan fingerprint density at radius 1 is 1.00 bits per heavy atom. The summed E-state index contributed by atoms with van der Waals surface area (Å²) in [7, 11) is 2.00. The summed E-state index contributed by atoms with van der Waals surface area (Å²) in [5.74, 6) is 0.211. The van der Waals surface area contributed by atoms with Crippen molar-refractivity contribution in [3.05, 3.63) is 82.7 Å². The molecule has 1 aliphatic heterocycles. The lowest BCUT2D eigenvalue weighted by Crippen LogP contribution is -2.44. The largest absolute Gasteiger partial charge is 0.337 e. The van der Waals surface area contributed by atoms with E-state index in [1.165, 1.54) is 34.4 Å². The number of carbonyl (C=O) groups is 1. The Kier molecular flexibility index (Phi) is 5.45. The monoisotopic (exact) mass is 416 g/mol. The molecule has 30 heavy (non-hydrogen) atoms. The van der Waals surface area contributed by atoms with Crippen molar-refractivity contribution in [2.45, 2.75) is 37.8 Å².